The number of aliphatic hydroxyl groups is 1. The van der Waals surface area contributed by atoms with Crippen LogP contribution in [0.4, 0.5) is 0 Å². The molecule has 3 rings (SSSR count). The van der Waals surface area contributed by atoms with Crippen LogP contribution in [-0.4, -0.2) is 43.0 Å². The highest BCUT2D eigenvalue weighted by Crippen LogP contribution is 2.41. The maximum atomic E-state index is 12.6. The largest absolute Gasteiger partial charge is 0.507 e. The second kappa shape index (κ2) is 7.15. The van der Waals surface area contributed by atoms with Crippen LogP contribution < -0.4 is 9.47 Å². The lowest BCUT2D eigenvalue weighted by Crippen LogP contribution is -2.24. The van der Waals surface area contributed by atoms with Gasteiger partial charge in [-0.05, 0) is 24.6 Å². The Bertz CT molecular complexity index is 930. The number of ether oxygens (including phenoxy) is 2. The minimum atomic E-state index is -0.717. The zero-order valence-corrected chi connectivity index (χ0v) is 15.6. The maximum absolute atomic E-state index is 12.6. The van der Waals surface area contributed by atoms with Crippen LogP contribution in [0.1, 0.15) is 22.7 Å². The third-order valence-electron chi connectivity index (χ3n) is 4.72. The van der Waals surface area contributed by atoms with Gasteiger partial charge in [0.05, 0.1) is 25.8 Å². The van der Waals surface area contributed by atoms with Crippen LogP contribution in [0.2, 0.25) is 0 Å². The molecule has 2 aromatic rings. The van der Waals surface area contributed by atoms with Gasteiger partial charge >= 0.3 is 0 Å². The van der Waals surface area contributed by atoms with E-state index >= 15 is 0 Å². The van der Waals surface area contributed by atoms with Gasteiger partial charge in [-0.1, -0.05) is 35.9 Å². The van der Waals surface area contributed by atoms with Crippen molar-refractivity contribution in [3.63, 3.8) is 0 Å². The van der Waals surface area contributed by atoms with Crippen molar-refractivity contribution in [2.24, 2.45) is 0 Å². The molecule has 0 aliphatic carbocycles. The van der Waals surface area contributed by atoms with E-state index in [1.54, 1.807) is 30.3 Å². The lowest BCUT2D eigenvalue weighted by Gasteiger charge is -2.22. The molecule has 1 atom stereocenters. The van der Waals surface area contributed by atoms with Crippen LogP contribution in [0.3, 0.4) is 0 Å². The zero-order chi connectivity index (χ0) is 19.7. The molecular weight excluding hydrogens is 346 g/mol. The van der Waals surface area contributed by atoms with Crippen molar-refractivity contribution >= 4 is 17.4 Å². The van der Waals surface area contributed by atoms with E-state index < -0.39 is 17.7 Å². The number of aryl methyl sites for hydroxylation is 1. The minimum Gasteiger partial charge on any atom is -0.507 e. The fourth-order valence-corrected chi connectivity index (χ4v) is 3.23. The van der Waals surface area contributed by atoms with E-state index in [-0.39, 0.29) is 11.3 Å². The summed E-state index contributed by atoms with van der Waals surface area (Å²) in [5.74, 6) is -0.562. The second-order valence-electron chi connectivity index (χ2n) is 6.39. The number of amides is 1. The molecule has 140 valence electrons. The molecule has 6 nitrogen and oxygen atoms in total. The number of ketones is 1. The quantitative estimate of drug-likeness (QED) is 0.511. The van der Waals surface area contributed by atoms with Gasteiger partial charge in [0.25, 0.3) is 11.7 Å². The first-order chi connectivity index (χ1) is 12.9. The minimum absolute atomic E-state index is 0.0542. The first-order valence-corrected chi connectivity index (χ1v) is 8.42. The number of aliphatic hydroxyl groups excluding tert-OH is 1. The van der Waals surface area contributed by atoms with E-state index in [4.69, 9.17) is 9.47 Å². The lowest BCUT2D eigenvalue weighted by atomic mass is 9.95. The molecule has 1 N–H and O–H groups in total. The van der Waals surface area contributed by atoms with Gasteiger partial charge in [-0.15, -0.1) is 0 Å². The molecule has 1 aliphatic heterocycles. The Morgan fingerprint density at radius 2 is 1.63 bits per heavy atom. The molecule has 0 bridgehead atoms. The van der Waals surface area contributed by atoms with Crippen LogP contribution in [0.5, 0.6) is 11.5 Å². The highest BCUT2D eigenvalue weighted by molar-refractivity contribution is 6.46. The molecule has 0 spiro atoms. The van der Waals surface area contributed by atoms with E-state index in [2.05, 4.69) is 0 Å². The number of hydrogen-bond donors (Lipinski definition) is 1. The molecular formula is C21H21NO5. The molecule has 1 fully saturated rings. The van der Waals surface area contributed by atoms with E-state index in [1.165, 1.54) is 26.2 Å². The average molecular weight is 367 g/mol. The molecule has 27 heavy (non-hydrogen) atoms. The van der Waals surface area contributed by atoms with Crippen LogP contribution in [0, 0.1) is 6.92 Å². The van der Waals surface area contributed by atoms with E-state index in [1.807, 2.05) is 19.1 Å². The lowest BCUT2D eigenvalue weighted by molar-refractivity contribution is -0.139. The van der Waals surface area contributed by atoms with E-state index in [9.17, 15) is 14.7 Å². The SMILES string of the molecule is COc1ccc([C@H]2/C(=C(\O)c3ccc(C)cc3)C(=O)C(=O)N2C)cc1OC. The summed E-state index contributed by atoms with van der Waals surface area (Å²) in [5, 5.41) is 10.8. The van der Waals surface area contributed by atoms with Gasteiger partial charge in [0.2, 0.25) is 0 Å². The van der Waals surface area contributed by atoms with E-state index in [0.29, 0.717) is 22.6 Å². The fourth-order valence-electron chi connectivity index (χ4n) is 3.23. The summed E-state index contributed by atoms with van der Waals surface area (Å²) in [6.45, 7) is 1.93. The molecule has 0 radical (unpaired) electrons. The predicted octanol–water partition coefficient (Wildman–Crippen LogP) is 3.06. The number of carbonyl (C=O) groups is 2. The molecule has 1 saturated heterocycles. The Balaban J connectivity index is 2.17. The standard InChI is InChI=1S/C21H21NO5/c1-12-5-7-13(8-6-12)19(23)17-18(22(2)21(25)20(17)24)14-9-10-15(26-3)16(11-14)27-4/h5-11,18,23H,1-4H3/b19-17+/t18-/m0/s1. The highest BCUT2D eigenvalue weighted by Gasteiger charge is 2.44. The Kier molecular flexibility index (Phi) is 4.90. The fraction of sp³-hybridized carbons (Fsp3) is 0.238. The monoisotopic (exact) mass is 367 g/mol. The summed E-state index contributed by atoms with van der Waals surface area (Å²) < 4.78 is 10.6. The molecule has 2 aromatic carbocycles. The Morgan fingerprint density at radius 1 is 1.00 bits per heavy atom. The number of carbonyl (C=O) groups excluding carboxylic acids is 2. The van der Waals surface area contributed by atoms with Gasteiger partial charge in [0.1, 0.15) is 5.76 Å². The van der Waals surface area contributed by atoms with Crippen LogP contribution in [0.15, 0.2) is 48.0 Å². The maximum Gasteiger partial charge on any atom is 0.295 e. The number of benzene rings is 2. The molecule has 0 saturated carbocycles. The third kappa shape index (κ3) is 3.14. The normalized spacial score (nSPS) is 18.7. The van der Waals surface area contributed by atoms with Crippen molar-refractivity contribution in [1.82, 2.24) is 4.90 Å². The van der Waals surface area contributed by atoms with Crippen molar-refractivity contribution in [3.8, 4) is 11.5 Å². The molecule has 0 unspecified atom stereocenters. The summed E-state index contributed by atoms with van der Waals surface area (Å²) >= 11 is 0. The number of nitrogens with zero attached hydrogens (tertiary/aromatic N) is 1. The first kappa shape index (κ1) is 18.5. The first-order valence-electron chi connectivity index (χ1n) is 8.42. The van der Waals surface area contributed by atoms with Gasteiger partial charge in [0, 0.05) is 12.6 Å². The number of likely N-dealkylation sites (N-methyl/N-ethyl adjacent to an activating group) is 1. The molecule has 1 amide bonds. The highest BCUT2D eigenvalue weighted by atomic mass is 16.5. The van der Waals surface area contributed by atoms with E-state index in [0.717, 1.165) is 5.56 Å². The van der Waals surface area contributed by atoms with Gasteiger partial charge in [-0.25, -0.2) is 0 Å². The van der Waals surface area contributed by atoms with Gasteiger partial charge < -0.3 is 19.5 Å². The van der Waals surface area contributed by atoms with Crippen molar-refractivity contribution in [2.75, 3.05) is 21.3 Å². The molecule has 1 aliphatic rings. The van der Waals surface area contributed by atoms with Crippen molar-refractivity contribution in [2.45, 2.75) is 13.0 Å². The molecule has 0 aromatic heterocycles. The summed E-state index contributed by atoms with van der Waals surface area (Å²) in [7, 11) is 4.58. The van der Waals surface area contributed by atoms with Crippen LogP contribution in [0.25, 0.3) is 5.76 Å². The van der Waals surface area contributed by atoms with Gasteiger partial charge in [-0.3, -0.25) is 9.59 Å². The predicted molar refractivity (Wildman–Crippen MR) is 101 cm³/mol. The number of hydrogen-bond acceptors (Lipinski definition) is 5. The van der Waals surface area contributed by atoms with Gasteiger partial charge in [-0.2, -0.15) is 0 Å². The Hall–Kier alpha value is -3.28. The third-order valence-corrected chi connectivity index (χ3v) is 4.72. The van der Waals surface area contributed by atoms with Crippen molar-refractivity contribution in [1.29, 1.82) is 0 Å². The molecule has 1 heterocycles. The second-order valence-corrected chi connectivity index (χ2v) is 6.39. The van der Waals surface area contributed by atoms with Crippen LogP contribution >= 0.6 is 0 Å². The van der Waals surface area contributed by atoms with Crippen LogP contribution in [-0.2, 0) is 9.59 Å². The average Bonchev–Trinajstić information content (AvgIpc) is 2.91. The molecule has 6 heteroatoms. The topological polar surface area (TPSA) is 76.1 Å². The summed E-state index contributed by atoms with van der Waals surface area (Å²) in [6.07, 6.45) is 0. The number of rotatable bonds is 4. The number of likely N-dealkylation sites (tertiary alicyclic amines) is 1. The summed E-state index contributed by atoms with van der Waals surface area (Å²) in [5.41, 5.74) is 2.21. The Morgan fingerprint density at radius 3 is 2.22 bits per heavy atom. The van der Waals surface area contributed by atoms with Crippen molar-refractivity contribution < 1.29 is 24.2 Å². The number of Topliss-reactive ketones (excluding diaryl/α,β-unsaturated/α-hetero) is 1. The smallest absolute Gasteiger partial charge is 0.295 e. The van der Waals surface area contributed by atoms with Gasteiger partial charge in [0.15, 0.2) is 11.5 Å². The zero-order valence-electron chi connectivity index (χ0n) is 15.6. The van der Waals surface area contributed by atoms with Crippen molar-refractivity contribution in [3.05, 3.63) is 64.7 Å². The number of methoxy groups -OCH3 is 2. The Labute approximate surface area is 157 Å². The summed E-state index contributed by atoms with van der Waals surface area (Å²) in [6, 6.07) is 11.6. The summed E-state index contributed by atoms with van der Waals surface area (Å²) in [4.78, 5) is 26.3.